The summed E-state index contributed by atoms with van der Waals surface area (Å²) in [5, 5.41) is 10.0. The van der Waals surface area contributed by atoms with Crippen LogP contribution in [-0.2, 0) is 4.79 Å². The largest absolute Gasteiger partial charge is 0.497 e. The highest BCUT2D eigenvalue weighted by molar-refractivity contribution is 8.13. The van der Waals surface area contributed by atoms with Gasteiger partial charge in [-0.2, -0.15) is 5.26 Å². The van der Waals surface area contributed by atoms with Crippen molar-refractivity contribution >= 4 is 22.7 Å². The van der Waals surface area contributed by atoms with Crippen molar-refractivity contribution < 1.29 is 14.3 Å². The zero-order chi connectivity index (χ0) is 15.4. The zero-order valence-corrected chi connectivity index (χ0v) is 12.9. The first-order valence-electron chi connectivity index (χ1n) is 6.41. The van der Waals surface area contributed by atoms with E-state index < -0.39 is 5.92 Å². The Morgan fingerprint density at radius 2 is 2.14 bits per heavy atom. The minimum absolute atomic E-state index is 0.200. The molecule has 21 heavy (non-hydrogen) atoms. The molecule has 0 radical (unpaired) electrons. The molecule has 0 spiro atoms. The highest BCUT2D eigenvalue weighted by Gasteiger charge is 2.35. The Labute approximate surface area is 128 Å². The van der Waals surface area contributed by atoms with E-state index >= 15 is 0 Å². The van der Waals surface area contributed by atoms with Crippen molar-refractivity contribution in [1.29, 1.82) is 5.26 Å². The Hall–Kier alpha value is -2.00. The SMILES string of the molecule is COc1ccc(OC)c(C2CC(=O)N=C(SC)C2C#N)c1. The molecular formula is C15H16N2O3S. The highest BCUT2D eigenvalue weighted by atomic mass is 32.2. The molecule has 2 atom stereocenters. The minimum Gasteiger partial charge on any atom is -0.497 e. The summed E-state index contributed by atoms with van der Waals surface area (Å²) < 4.78 is 10.6. The lowest BCUT2D eigenvalue weighted by atomic mass is 9.82. The summed E-state index contributed by atoms with van der Waals surface area (Å²) in [5.41, 5.74) is 0.804. The quantitative estimate of drug-likeness (QED) is 0.858. The molecule has 2 rings (SSSR count). The van der Waals surface area contributed by atoms with Crippen LogP contribution in [0.4, 0.5) is 0 Å². The average Bonchev–Trinajstić information content (AvgIpc) is 2.53. The topological polar surface area (TPSA) is 71.7 Å². The lowest BCUT2D eigenvalue weighted by Gasteiger charge is -2.27. The van der Waals surface area contributed by atoms with Gasteiger partial charge in [0, 0.05) is 17.9 Å². The molecule has 6 heteroatoms. The number of carbonyl (C=O) groups is 1. The van der Waals surface area contributed by atoms with Crippen molar-refractivity contribution in [3.63, 3.8) is 0 Å². The molecule has 1 aromatic rings. The maximum Gasteiger partial charge on any atom is 0.247 e. The van der Waals surface area contributed by atoms with Crippen LogP contribution in [0.3, 0.4) is 0 Å². The molecule has 1 aliphatic heterocycles. The fourth-order valence-corrected chi connectivity index (χ4v) is 3.12. The van der Waals surface area contributed by atoms with Gasteiger partial charge in [0.25, 0.3) is 0 Å². The fourth-order valence-electron chi connectivity index (χ4n) is 2.45. The maximum absolute atomic E-state index is 11.8. The lowest BCUT2D eigenvalue weighted by Crippen LogP contribution is -2.27. The first-order chi connectivity index (χ1) is 10.1. The predicted octanol–water partition coefficient (Wildman–Crippen LogP) is 2.62. The molecule has 5 nitrogen and oxygen atoms in total. The fraction of sp³-hybridized carbons (Fsp3) is 0.400. The molecule has 0 saturated carbocycles. The van der Waals surface area contributed by atoms with Crippen LogP contribution in [0, 0.1) is 17.2 Å². The van der Waals surface area contributed by atoms with Crippen molar-refractivity contribution in [2.24, 2.45) is 10.9 Å². The van der Waals surface area contributed by atoms with Crippen LogP contribution in [0.1, 0.15) is 17.9 Å². The zero-order valence-electron chi connectivity index (χ0n) is 12.1. The van der Waals surface area contributed by atoms with E-state index in [-0.39, 0.29) is 18.2 Å². The Morgan fingerprint density at radius 3 is 2.71 bits per heavy atom. The Bertz CT molecular complexity index is 622. The summed E-state index contributed by atoms with van der Waals surface area (Å²) in [4.78, 5) is 15.8. The molecule has 0 aliphatic carbocycles. The molecule has 1 aliphatic rings. The van der Waals surface area contributed by atoms with E-state index in [4.69, 9.17) is 9.47 Å². The number of thioether (sulfide) groups is 1. The van der Waals surface area contributed by atoms with Gasteiger partial charge in [-0.1, -0.05) is 0 Å². The number of methoxy groups -OCH3 is 2. The number of benzene rings is 1. The molecule has 1 amide bonds. The number of aliphatic imine (C=N–C) groups is 1. The lowest BCUT2D eigenvalue weighted by molar-refractivity contribution is -0.118. The van der Waals surface area contributed by atoms with Crippen LogP contribution < -0.4 is 9.47 Å². The van der Waals surface area contributed by atoms with Crippen LogP contribution >= 0.6 is 11.8 Å². The molecule has 0 fully saturated rings. The number of ether oxygens (including phenoxy) is 2. The molecule has 0 bridgehead atoms. The summed E-state index contributed by atoms with van der Waals surface area (Å²) in [6, 6.07) is 7.67. The standard InChI is InChI=1S/C15H16N2O3S/c1-19-9-4-5-13(20-2)11(6-9)10-7-14(18)17-15(21-3)12(10)8-16/h4-6,10,12H,7H2,1-3H3. The van der Waals surface area contributed by atoms with Crippen molar-refractivity contribution in [3.8, 4) is 17.6 Å². The molecular weight excluding hydrogens is 288 g/mol. The van der Waals surface area contributed by atoms with E-state index in [1.54, 1.807) is 26.4 Å². The van der Waals surface area contributed by atoms with Gasteiger partial charge in [0.05, 0.1) is 25.3 Å². The number of nitriles is 1. The van der Waals surface area contributed by atoms with E-state index in [1.807, 2.05) is 12.3 Å². The Balaban J connectivity index is 2.51. The molecule has 110 valence electrons. The number of hydrogen-bond acceptors (Lipinski definition) is 5. The molecule has 1 aromatic carbocycles. The average molecular weight is 304 g/mol. The van der Waals surface area contributed by atoms with Gasteiger partial charge in [0.2, 0.25) is 5.91 Å². The van der Waals surface area contributed by atoms with Crippen molar-refractivity contribution in [3.05, 3.63) is 23.8 Å². The van der Waals surface area contributed by atoms with Gasteiger partial charge < -0.3 is 9.47 Å². The van der Waals surface area contributed by atoms with Crippen molar-refractivity contribution in [2.75, 3.05) is 20.5 Å². The minimum atomic E-state index is -0.446. The first kappa shape index (κ1) is 15.4. The molecule has 0 saturated heterocycles. The summed E-state index contributed by atoms with van der Waals surface area (Å²) in [6.07, 6.45) is 2.02. The van der Waals surface area contributed by atoms with E-state index in [0.29, 0.717) is 16.5 Å². The maximum atomic E-state index is 11.8. The van der Waals surface area contributed by atoms with E-state index in [1.165, 1.54) is 11.8 Å². The number of rotatable bonds is 3. The summed E-state index contributed by atoms with van der Waals surface area (Å²) >= 11 is 1.34. The smallest absolute Gasteiger partial charge is 0.247 e. The highest BCUT2D eigenvalue weighted by Crippen LogP contribution is 2.40. The van der Waals surface area contributed by atoms with Crippen LogP contribution in [-0.4, -0.2) is 31.4 Å². The number of hydrogen-bond donors (Lipinski definition) is 0. The van der Waals surface area contributed by atoms with Crippen LogP contribution in [0.2, 0.25) is 0 Å². The van der Waals surface area contributed by atoms with Crippen LogP contribution in [0.15, 0.2) is 23.2 Å². The molecule has 0 aromatic heterocycles. The summed E-state index contributed by atoms with van der Waals surface area (Å²) in [6.45, 7) is 0. The van der Waals surface area contributed by atoms with Gasteiger partial charge in [-0.15, -0.1) is 11.8 Å². The van der Waals surface area contributed by atoms with Gasteiger partial charge >= 0.3 is 0 Å². The first-order valence-corrected chi connectivity index (χ1v) is 7.64. The Kier molecular flexibility index (Phi) is 4.86. The second-order valence-electron chi connectivity index (χ2n) is 4.57. The molecule has 2 unspecified atom stereocenters. The summed E-state index contributed by atoms with van der Waals surface area (Å²) in [5.74, 6) is 0.395. The van der Waals surface area contributed by atoms with Crippen molar-refractivity contribution in [2.45, 2.75) is 12.3 Å². The third kappa shape index (κ3) is 3.03. The van der Waals surface area contributed by atoms with Crippen molar-refractivity contribution in [1.82, 2.24) is 0 Å². The van der Waals surface area contributed by atoms with Crippen LogP contribution in [0.25, 0.3) is 0 Å². The third-order valence-electron chi connectivity index (χ3n) is 3.48. The van der Waals surface area contributed by atoms with E-state index in [2.05, 4.69) is 11.1 Å². The second-order valence-corrected chi connectivity index (χ2v) is 5.40. The monoisotopic (exact) mass is 304 g/mol. The molecule has 0 N–H and O–H groups in total. The Morgan fingerprint density at radius 1 is 1.38 bits per heavy atom. The number of nitrogens with zero attached hydrogens (tertiary/aromatic N) is 2. The van der Waals surface area contributed by atoms with Gasteiger partial charge in [-0.05, 0) is 24.5 Å². The van der Waals surface area contributed by atoms with Gasteiger partial charge in [-0.25, -0.2) is 4.99 Å². The van der Waals surface area contributed by atoms with E-state index in [0.717, 1.165) is 5.56 Å². The van der Waals surface area contributed by atoms with E-state index in [9.17, 15) is 10.1 Å². The van der Waals surface area contributed by atoms with Gasteiger partial charge in [0.15, 0.2) is 0 Å². The normalized spacial score (nSPS) is 21.4. The number of amides is 1. The second kappa shape index (κ2) is 6.64. The number of carbonyl (C=O) groups excluding carboxylic acids is 1. The summed E-state index contributed by atoms with van der Waals surface area (Å²) in [7, 11) is 3.15. The molecule has 1 heterocycles. The van der Waals surface area contributed by atoms with Gasteiger partial charge in [-0.3, -0.25) is 4.79 Å². The predicted molar refractivity (Wildman–Crippen MR) is 82.0 cm³/mol. The van der Waals surface area contributed by atoms with Gasteiger partial charge in [0.1, 0.15) is 17.4 Å². The van der Waals surface area contributed by atoms with Crippen LogP contribution in [0.5, 0.6) is 11.5 Å². The third-order valence-corrected chi connectivity index (χ3v) is 4.25.